The number of benzene rings is 2. The Morgan fingerprint density at radius 3 is 2.19 bits per heavy atom. The van der Waals surface area contributed by atoms with Crippen molar-refractivity contribution < 1.29 is 41.8 Å². The topological polar surface area (TPSA) is 144 Å². The van der Waals surface area contributed by atoms with Crippen LogP contribution in [0.2, 0.25) is 0 Å². The molecule has 0 unspecified atom stereocenters. The van der Waals surface area contributed by atoms with Gasteiger partial charge in [0.2, 0.25) is 0 Å². The van der Waals surface area contributed by atoms with Crippen LogP contribution in [0.5, 0.6) is 5.75 Å². The second-order valence-corrected chi connectivity index (χ2v) is 8.99. The Morgan fingerprint density at radius 2 is 1.56 bits per heavy atom. The van der Waals surface area contributed by atoms with Gasteiger partial charge in [0.1, 0.15) is 0 Å². The van der Waals surface area contributed by atoms with E-state index >= 15 is 0 Å². The molecule has 1 saturated heterocycles. The number of nitrogens with one attached hydrogen (secondary N) is 3. The van der Waals surface area contributed by atoms with Crippen LogP contribution in [0.4, 0.5) is 40.8 Å². The first kappa shape index (κ1) is 31.0. The van der Waals surface area contributed by atoms with Crippen LogP contribution < -0.4 is 25.6 Å². The van der Waals surface area contributed by atoms with Crippen molar-refractivity contribution in [3.05, 3.63) is 54.2 Å². The van der Waals surface area contributed by atoms with Crippen LogP contribution in [0.25, 0.3) is 11.4 Å². The summed E-state index contributed by atoms with van der Waals surface area (Å²) >= 11 is 0. The highest BCUT2D eigenvalue weighted by Gasteiger charge is 2.38. The number of anilines is 4. The predicted molar refractivity (Wildman–Crippen MR) is 151 cm³/mol. The molecule has 0 radical (unpaired) electrons. The molecule has 3 N–H and O–H groups in total. The first-order valence-corrected chi connectivity index (χ1v) is 13.3. The number of rotatable bonds is 9. The van der Waals surface area contributed by atoms with Gasteiger partial charge in [0.15, 0.2) is 23.1 Å². The molecule has 0 aliphatic carbocycles. The summed E-state index contributed by atoms with van der Waals surface area (Å²) in [5.41, 5.74) is 0.929. The zero-order chi connectivity index (χ0) is 31.0. The number of esters is 1. The highest BCUT2D eigenvalue weighted by molar-refractivity contribution is 6.01. The van der Waals surface area contributed by atoms with Crippen LogP contribution in [-0.4, -0.2) is 73.6 Å². The number of carbonyl (C=O) groups excluding carboxylic acids is 3. The summed E-state index contributed by atoms with van der Waals surface area (Å²) < 4.78 is 54.1. The van der Waals surface area contributed by atoms with Crippen molar-refractivity contribution in [3.8, 4) is 17.1 Å². The van der Waals surface area contributed by atoms with Gasteiger partial charge in [-0.2, -0.15) is 13.2 Å². The lowest BCUT2D eigenvalue weighted by molar-refractivity contribution is -0.167. The molecule has 43 heavy (non-hydrogen) atoms. The van der Waals surface area contributed by atoms with E-state index in [1.165, 1.54) is 24.3 Å². The molecule has 0 saturated carbocycles. The number of halogens is 3. The Morgan fingerprint density at radius 1 is 0.907 bits per heavy atom. The van der Waals surface area contributed by atoms with Gasteiger partial charge >= 0.3 is 24.1 Å². The van der Waals surface area contributed by atoms with Crippen molar-refractivity contribution in [1.82, 2.24) is 9.97 Å². The van der Waals surface area contributed by atoms with Crippen molar-refractivity contribution >= 4 is 40.8 Å². The van der Waals surface area contributed by atoms with Crippen LogP contribution in [0.3, 0.4) is 0 Å². The van der Waals surface area contributed by atoms with E-state index in [-0.39, 0.29) is 41.9 Å². The maximum absolute atomic E-state index is 12.8. The number of carbonyl (C=O) groups is 3. The van der Waals surface area contributed by atoms with Gasteiger partial charge in [-0.3, -0.25) is 4.79 Å². The van der Waals surface area contributed by atoms with Crippen molar-refractivity contribution in [2.24, 2.45) is 0 Å². The first-order chi connectivity index (χ1) is 20.6. The van der Waals surface area contributed by atoms with Crippen molar-refractivity contribution in [2.75, 3.05) is 60.4 Å². The molecule has 228 valence electrons. The quantitative estimate of drug-likeness (QED) is 0.297. The Kier molecular flexibility index (Phi) is 9.98. The van der Waals surface area contributed by atoms with Crippen LogP contribution in [0.1, 0.15) is 24.3 Å². The average Bonchev–Trinajstić information content (AvgIpc) is 2.98. The van der Waals surface area contributed by atoms with E-state index in [9.17, 15) is 27.6 Å². The zero-order valence-electron chi connectivity index (χ0n) is 23.3. The lowest BCUT2D eigenvalue weighted by Gasteiger charge is -2.29. The van der Waals surface area contributed by atoms with E-state index in [1.54, 1.807) is 43.4 Å². The molecule has 3 amide bonds. The number of aromatic nitrogens is 2. The normalized spacial score (nSPS) is 13.2. The number of hydrogen-bond donors (Lipinski definition) is 3. The minimum absolute atomic E-state index is 0.00887. The van der Waals surface area contributed by atoms with Crippen LogP contribution in [0.15, 0.2) is 48.5 Å². The number of hydrogen-bond acceptors (Lipinski definition) is 9. The molecule has 0 atom stereocenters. The molecule has 0 bridgehead atoms. The number of amides is 3. The Balaban J connectivity index is 1.53. The minimum Gasteiger partial charge on any atom is -0.488 e. The van der Waals surface area contributed by atoms with Crippen LogP contribution in [0, 0.1) is 0 Å². The van der Waals surface area contributed by atoms with E-state index in [0.717, 1.165) is 0 Å². The third-order valence-electron chi connectivity index (χ3n) is 5.95. The van der Waals surface area contributed by atoms with Gasteiger partial charge in [-0.25, -0.2) is 19.6 Å². The number of urea groups is 1. The molecule has 2 aromatic carbocycles. The van der Waals surface area contributed by atoms with E-state index < -0.39 is 24.1 Å². The van der Waals surface area contributed by atoms with Gasteiger partial charge in [0.25, 0.3) is 0 Å². The molecule has 1 aliphatic heterocycles. The summed E-state index contributed by atoms with van der Waals surface area (Å²) in [5, 5.41) is 6.84. The van der Waals surface area contributed by atoms with Gasteiger partial charge < -0.3 is 35.1 Å². The van der Waals surface area contributed by atoms with E-state index in [2.05, 4.69) is 15.6 Å². The fraction of sp³-hybridized carbons (Fsp3) is 0.321. The largest absolute Gasteiger partial charge is 0.488 e. The predicted octanol–water partition coefficient (Wildman–Crippen LogP) is 4.70. The molecule has 1 aliphatic rings. The first-order valence-electron chi connectivity index (χ1n) is 13.3. The van der Waals surface area contributed by atoms with E-state index in [1.807, 2.05) is 4.90 Å². The van der Waals surface area contributed by atoms with E-state index in [0.29, 0.717) is 43.4 Å². The second kappa shape index (κ2) is 13.8. The Bertz CT molecular complexity index is 1460. The molecule has 2 heterocycles. The molecular formula is C28H29F3N6O6. The highest BCUT2D eigenvalue weighted by atomic mass is 19.4. The molecule has 4 rings (SSSR count). The fourth-order valence-corrected chi connectivity index (χ4v) is 4.05. The molecule has 0 spiro atoms. The number of morpholine rings is 1. The number of ether oxygens (including phenoxy) is 3. The minimum atomic E-state index is -5.05. The smallest absolute Gasteiger partial charge is 0.471 e. The summed E-state index contributed by atoms with van der Waals surface area (Å²) in [6.07, 6.45) is -5.05. The summed E-state index contributed by atoms with van der Waals surface area (Å²) in [6, 6.07) is 11.1. The summed E-state index contributed by atoms with van der Waals surface area (Å²) in [7, 11) is 0. The average molecular weight is 603 g/mol. The van der Waals surface area contributed by atoms with Crippen molar-refractivity contribution in [3.63, 3.8) is 0 Å². The van der Waals surface area contributed by atoms with Gasteiger partial charge in [-0.05, 0) is 56.3 Å². The molecule has 12 nitrogen and oxygen atoms in total. The summed E-state index contributed by atoms with van der Waals surface area (Å²) in [5.74, 6) is -1.88. The maximum Gasteiger partial charge on any atom is 0.471 e. The number of nitrogens with zero attached hydrogens (tertiary/aromatic N) is 3. The zero-order valence-corrected chi connectivity index (χ0v) is 23.3. The maximum atomic E-state index is 12.8. The Labute approximate surface area is 244 Å². The monoisotopic (exact) mass is 602 g/mol. The van der Waals surface area contributed by atoms with Crippen molar-refractivity contribution in [2.45, 2.75) is 20.0 Å². The van der Waals surface area contributed by atoms with Gasteiger partial charge in [0, 0.05) is 35.7 Å². The van der Waals surface area contributed by atoms with Gasteiger partial charge in [0.05, 0.1) is 26.4 Å². The number of alkyl halides is 3. The molecule has 3 aromatic rings. The van der Waals surface area contributed by atoms with Crippen LogP contribution in [-0.2, 0) is 14.3 Å². The molecule has 1 aromatic heterocycles. The third kappa shape index (κ3) is 8.09. The van der Waals surface area contributed by atoms with Gasteiger partial charge in [-0.15, -0.1) is 0 Å². The molecule has 1 fully saturated rings. The lowest BCUT2D eigenvalue weighted by atomic mass is 10.1. The van der Waals surface area contributed by atoms with E-state index in [4.69, 9.17) is 19.2 Å². The summed E-state index contributed by atoms with van der Waals surface area (Å²) in [4.78, 5) is 47.7. The standard InChI is InChI=1S/C28H29F3N6O6/c1-3-42-22-21(25(38)43-4-2)35-23(36-24(22)37-12-14-41-15-13-37)17-8-10-18(11-9-17)33-27(40)34-20-7-5-6-19(16-20)32-26(39)28(29,30)31/h5-11,16H,3-4,12-15H2,1-2H3,(H,32,39)(H2,33,34,40). The highest BCUT2D eigenvalue weighted by Crippen LogP contribution is 2.33. The third-order valence-corrected chi connectivity index (χ3v) is 5.95. The van der Waals surface area contributed by atoms with Crippen LogP contribution >= 0.6 is 0 Å². The second-order valence-electron chi connectivity index (χ2n) is 8.99. The Hall–Kier alpha value is -4.92. The lowest BCUT2D eigenvalue weighted by Crippen LogP contribution is -2.37. The fourth-order valence-electron chi connectivity index (χ4n) is 4.05. The summed E-state index contributed by atoms with van der Waals surface area (Å²) in [6.45, 7) is 5.93. The molecule has 15 heteroatoms. The van der Waals surface area contributed by atoms with Crippen molar-refractivity contribution in [1.29, 1.82) is 0 Å². The van der Waals surface area contributed by atoms with Gasteiger partial charge in [-0.1, -0.05) is 6.07 Å². The molecular weight excluding hydrogens is 573 g/mol. The SMILES string of the molecule is CCOC(=O)c1nc(-c2ccc(NC(=O)Nc3cccc(NC(=O)C(F)(F)F)c3)cc2)nc(N2CCOCC2)c1OCC.